The number of carbonyl (C=O) groups is 1. The summed E-state index contributed by atoms with van der Waals surface area (Å²) in [5, 5.41) is 7.05. The summed E-state index contributed by atoms with van der Waals surface area (Å²) in [5.74, 6) is 0.227. The Bertz CT molecular complexity index is 513. The predicted molar refractivity (Wildman–Crippen MR) is 85.8 cm³/mol. The highest BCUT2D eigenvalue weighted by molar-refractivity contribution is 7.18. The quantitative estimate of drug-likeness (QED) is 0.768. The number of aromatic nitrogens is 1. The molecule has 1 atom stereocenters. The van der Waals surface area contributed by atoms with Crippen molar-refractivity contribution in [3.8, 4) is 0 Å². The molecule has 1 aliphatic heterocycles. The number of likely N-dealkylation sites (N-methyl/N-ethyl adjacent to an activating group) is 1. The van der Waals surface area contributed by atoms with Gasteiger partial charge in [-0.25, -0.2) is 4.98 Å². The van der Waals surface area contributed by atoms with Crippen LogP contribution in [0.2, 0.25) is 0 Å². The molecular formula is C14H23N5OS. The summed E-state index contributed by atoms with van der Waals surface area (Å²) in [6.07, 6.45) is 5.98. The summed E-state index contributed by atoms with van der Waals surface area (Å²) in [5.41, 5.74) is 5.86. The number of nitrogen functional groups attached to an aromatic ring is 1. The van der Waals surface area contributed by atoms with Crippen LogP contribution in [0.4, 0.5) is 10.9 Å². The molecule has 1 amide bonds. The fourth-order valence-corrected chi connectivity index (χ4v) is 3.53. The minimum absolute atomic E-state index is 0.104. The number of carbonyl (C=O) groups excluding carboxylic acids is 1. The van der Waals surface area contributed by atoms with Gasteiger partial charge in [0.05, 0.1) is 0 Å². The number of rotatable bonds is 5. The Balaban J connectivity index is 1.55. The lowest BCUT2D eigenvalue weighted by Gasteiger charge is -2.32. The molecule has 21 heavy (non-hydrogen) atoms. The molecule has 1 saturated heterocycles. The Labute approximate surface area is 129 Å². The van der Waals surface area contributed by atoms with Crippen molar-refractivity contribution < 1.29 is 4.79 Å². The van der Waals surface area contributed by atoms with Crippen molar-refractivity contribution in [2.75, 3.05) is 31.2 Å². The van der Waals surface area contributed by atoms with Gasteiger partial charge in [-0.2, -0.15) is 0 Å². The maximum Gasteiger partial charge on any atom is 0.265 e. The fourth-order valence-electron chi connectivity index (χ4n) is 2.65. The van der Waals surface area contributed by atoms with Crippen molar-refractivity contribution in [1.82, 2.24) is 15.2 Å². The van der Waals surface area contributed by atoms with Crippen LogP contribution >= 0.6 is 11.3 Å². The van der Waals surface area contributed by atoms with E-state index in [1.165, 1.54) is 37.0 Å². The van der Waals surface area contributed by atoms with E-state index in [1.54, 1.807) is 0 Å². The number of nitrogens with one attached hydrogen (secondary N) is 2. The molecule has 1 unspecified atom stereocenters. The summed E-state index contributed by atoms with van der Waals surface area (Å²) in [6.45, 7) is 1.79. The number of nitrogens with zero attached hydrogens (tertiary/aromatic N) is 2. The Kier molecular flexibility index (Phi) is 4.30. The first kappa shape index (κ1) is 14.6. The maximum atomic E-state index is 12.3. The molecule has 0 spiro atoms. The molecule has 0 bridgehead atoms. The van der Waals surface area contributed by atoms with Gasteiger partial charge in [-0.05, 0) is 39.3 Å². The third kappa shape index (κ3) is 3.65. The van der Waals surface area contributed by atoms with Gasteiger partial charge in [-0.15, -0.1) is 0 Å². The van der Waals surface area contributed by atoms with E-state index in [1.807, 2.05) is 0 Å². The van der Waals surface area contributed by atoms with Crippen LogP contribution < -0.4 is 16.4 Å². The average Bonchev–Trinajstić information content (AvgIpc) is 3.19. The van der Waals surface area contributed by atoms with Crippen molar-refractivity contribution in [3.05, 3.63) is 4.88 Å². The molecule has 2 fully saturated rings. The number of hydrogen-bond acceptors (Lipinski definition) is 6. The smallest absolute Gasteiger partial charge is 0.265 e. The predicted octanol–water partition coefficient (Wildman–Crippen LogP) is 1.51. The van der Waals surface area contributed by atoms with E-state index < -0.39 is 0 Å². The van der Waals surface area contributed by atoms with E-state index in [0.717, 1.165) is 18.1 Å². The van der Waals surface area contributed by atoms with Gasteiger partial charge in [0.15, 0.2) is 5.13 Å². The average molecular weight is 309 g/mol. The Hall–Kier alpha value is -1.34. The highest BCUT2D eigenvalue weighted by Gasteiger charge is 2.25. The van der Waals surface area contributed by atoms with Gasteiger partial charge in [0.25, 0.3) is 5.91 Å². The second-order valence-electron chi connectivity index (χ2n) is 5.99. The van der Waals surface area contributed by atoms with Crippen molar-refractivity contribution in [3.63, 3.8) is 0 Å². The Morgan fingerprint density at radius 1 is 1.43 bits per heavy atom. The zero-order valence-electron chi connectivity index (χ0n) is 12.4. The molecule has 0 aromatic carbocycles. The number of thiazole rings is 1. The van der Waals surface area contributed by atoms with E-state index in [4.69, 9.17) is 5.73 Å². The molecule has 1 aromatic rings. The number of piperidine rings is 1. The molecule has 1 aliphatic carbocycles. The van der Waals surface area contributed by atoms with Crippen molar-refractivity contribution in [2.24, 2.45) is 0 Å². The highest BCUT2D eigenvalue weighted by atomic mass is 32.1. The number of amides is 1. The van der Waals surface area contributed by atoms with Crippen molar-refractivity contribution in [1.29, 1.82) is 0 Å². The number of nitrogens with two attached hydrogens (primary N) is 1. The summed E-state index contributed by atoms with van der Waals surface area (Å²) in [4.78, 5) is 19.3. The second kappa shape index (κ2) is 6.19. The van der Waals surface area contributed by atoms with Crippen LogP contribution in [0.15, 0.2) is 0 Å². The molecule has 4 N–H and O–H groups in total. The topological polar surface area (TPSA) is 83.3 Å². The van der Waals surface area contributed by atoms with Crippen LogP contribution in [-0.2, 0) is 0 Å². The second-order valence-corrected chi connectivity index (χ2v) is 6.99. The lowest BCUT2D eigenvalue weighted by atomic mass is 10.0. The van der Waals surface area contributed by atoms with Crippen LogP contribution in [-0.4, -0.2) is 48.0 Å². The van der Waals surface area contributed by atoms with Gasteiger partial charge in [0.2, 0.25) is 0 Å². The molecular weight excluding hydrogens is 286 g/mol. The standard InChI is InChI=1S/C14H23N5OS/c1-19-7-3-2-4-10(19)8-16-13(20)11-12(15)18-14(21-11)17-9-5-6-9/h9-10H,2-8,15H2,1H3,(H,16,20)(H,17,18). The van der Waals surface area contributed by atoms with Gasteiger partial charge in [-0.1, -0.05) is 17.8 Å². The lowest BCUT2D eigenvalue weighted by molar-refractivity contribution is 0.0933. The largest absolute Gasteiger partial charge is 0.382 e. The van der Waals surface area contributed by atoms with Crippen LogP contribution in [0.5, 0.6) is 0 Å². The van der Waals surface area contributed by atoms with Crippen LogP contribution in [0.25, 0.3) is 0 Å². The minimum atomic E-state index is -0.104. The molecule has 1 saturated carbocycles. The zero-order valence-corrected chi connectivity index (χ0v) is 13.2. The van der Waals surface area contributed by atoms with Gasteiger partial charge >= 0.3 is 0 Å². The minimum Gasteiger partial charge on any atom is -0.382 e. The van der Waals surface area contributed by atoms with Crippen LogP contribution in [0.1, 0.15) is 41.8 Å². The van der Waals surface area contributed by atoms with E-state index in [0.29, 0.717) is 29.3 Å². The third-order valence-electron chi connectivity index (χ3n) is 4.18. The monoisotopic (exact) mass is 309 g/mol. The van der Waals surface area contributed by atoms with E-state index >= 15 is 0 Å². The lowest BCUT2D eigenvalue weighted by Crippen LogP contribution is -2.44. The molecule has 2 aliphatic rings. The van der Waals surface area contributed by atoms with Gasteiger partial charge in [-0.3, -0.25) is 4.79 Å². The summed E-state index contributed by atoms with van der Waals surface area (Å²) < 4.78 is 0. The zero-order chi connectivity index (χ0) is 14.8. The first-order chi connectivity index (χ1) is 10.1. The summed E-state index contributed by atoms with van der Waals surface area (Å²) >= 11 is 1.35. The molecule has 6 nitrogen and oxygen atoms in total. The van der Waals surface area contributed by atoms with Gasteiger partial charge in [0.1, 0.15) is 10.7 Å². The SMILES string of the molecule is CN1CCCCC1CNC(=O)c1sc(NC2CC2)nc1N. The molecule has 3 rings (SSSR count). The Morgan fingerprint density at radius 2 is 2.24 bits per heavy atom. The van der Waals surface area contributed by atoms with Crippen LogP contribution in [0, 0.1) is 0 Å². The fraction of sp³-hybridized carbons (Fsp3) is 0.714. The Morgan fingerprint density at radius 3 is 2.95 bits per heavy atom. The van der Waals surface area contributed by atoms with Crippen molar-refractivity contribution >= 4 is 28.2 Å². The molecule has 7 heteroatoms. The first-order valence-electron chi connectivity index (χ1n) is 7.65. The molecule has 0 radical (unpaired) electrons. The summed E-state index contributed by atoms with van der Waals surface area (Å²) in [6, 6.07) is 0.947. The number of anilines is 2. The van der Waals surface area contributed by atoms with E-state index in [2.05, 4.69) is 27.6 Å². The van der Waals surface area contributed by atoms with Gasteiger partial charge in [0, 0.05) is 18.6 Å². The highest BCUT2D eigenvalue weighted by Crippen LogP contribution is 2.30. The maximum absolute atomic E-state index is 12.3. The molecule has 1 aromatic heterocycles. The van der Waals surface area contributed by atoms with Crippen molar-refractivity contribution in [2.45, 2.75) is 44.2 Å². The van der Waals surface area contributed by atoms with E-state index in [-0.39, 0.29) is 5.91 Å². The summed E-state index contributed by atoms with van der Waals surface area (Å²) in [7, 11) is 2.12. The molecule has 2 heterocycles. The third-order valence-corrected chi connectivity index (χ3v) is 5.19. The normalized spacial score (nSPS) is 23.0. The number of likely N-dealkylation sites (tertiary alicyclic amines) is 1. The number of hydrogen-bond donors (Lipinski definition) is 3. The van der Waals surface area contributed by atoms with Crippen LogP contribution in [0.3, 0.4) is 0 Å². The first-order valence-corrected chi connectivity index (χ1v) is 8.46. The van der Waals surface area contributed by atoms with E-state index in [9.17, 15) is 4.79 Å². The molecule has 116 valence electrons. The van der Waals surface area contributed by atoms with Gasteiger partial charge < -0.3 is 21.3 Å².